The Morgan fingerprint density at radius 2 is 1.53 bits per heavy atom. The lowest BCUT2D eigenvalue weighted by Gasteiger charge is -2.19. The number of aromatic carboxylic acids is 1. The van der Waals surface area contributed by atoms with Gasteiger partial charge in [0.25, 0.3) is 5.91 Å². The van der Waals surface area contributed by atoms with E-state index in [9.17, 15) is 14.4 Å². The minimum absolute atomic E-state index is 0.00964. The number of nitrogens with zero attached hydrogens (tertiary/aromatic N) is 1. The zero-order valence-electron chi connectivity index (χ0n) is 10.8. The highest BCUT2D eigenvalue weighted by Gasteiger charge is 2.17. The van der Waals surface area contributed by atoms with Gasteiger partial charge in [0.15, 0.2) is 0 Å². The first-order valence-electron chi connectivity index (χ1n) is 5.88. The molecule has 0 bridgehead atoms. The number of carboxylic acids is 1. The molecule has 0 saturated carbocycles. The van der Waals surface area contributed by atoms with E-state index < -0.39 is 11.9 Å². The molecule has 0 heterocycles. The number of rotatable bonds is 5. The second-order valence-corrected chi connectivity index (χ2v) is 3.95. The molecule has 0 fully saturated rings. The summed E-state index contributed by atoms with van der Waals surface area (Å²) in [5, 5.41) is 8.97. The second-order valence-electron chi connectivity index (χ2n) is 3.95. The number of benzene rings is 1. The summed E-state index contributed by atoms with van der Waals surface area (Å²) in [6.07, 6.45) is 0. The van der Waals surface area contributed by atoms with Crippen LogP contribution in [0.1, 0.15) is 44.9 Å². The fraction of sp³-hybridized carbons (Fsp3) is 0.308. The summed E-state index contributed by atoms with van der Waals surface area (Å²) in [7, 11) is 0. The molecule has 1 aromatic rings. The molecular formula is C13H16N2O4. The van der Waals surface area contributed by atoms with E-state index in [-0.39, 0.29) is 22.6 Å². The monoisotopic (exact) mass is 264 g/mol. The quantitative estimate of drug-likeness (QED) is 0.827. The van der Waals surface area contributed by atoms with Crippen molar-refractivity contribution >= 4 is 17.8 Å². The Kier molecular flexibility index (Phi) is 4.63. The SMILES string of the molecule is CCN(CC)C(=O)c1cc(C(N)=O)cc(C(=O)O)c1. The van der Waals surface area contributed by atoms with Gasteiger partial charge in [-0.05, 0) is 32.0 Å². The lowest BCUT2D eigenvalue weighted by Crippen LogP contribution is -2.31. The highest BCUT2D eigenvalue weighted by molar-refractivity contribution is 6.02. The van der Waals surface area contributed by atoms with Crippen LogP contribution in [0.25, 0.3) is 0 Å². The topological polar surface area (TPSA) is 101 Å². The van der Waals surface area contributed by atoms with Crippen LogP contribution in [-0.2, 0) is 0 Å². The maximum absolute atomic E-state index is 12.1. The Labute approximate surface area is 110 Å². The molecule has 0 aromatic heterocycles. The third kappa shape index (κ3) is 3.31. The van der Waals surface area contributed by atoms with Crippen LogP contribution in [-0.4, -0.2) is 40.9 Å². The molecule has 1 aromatic carbocycles. The molecule has 2 amide bonds. The summed E-state index contributed by atoms with van der Waals surface area (Å²) in [6, 6.07) is 3.72. The van der Waals surface area contributed by atoms with E-state index in [0.29, 0.717) is 13.1 Å². The van der Waals surface area contributed by atoms with Gasteiger partial charge in [0.2, 0.25) is 5.91 Å². The molecule has 0 atom stereocenters. The van der Waals surface area contributed by atoms with Crippen LogP contribution >= 0.6 is 0 Å². The first kappa shape index (κ1) is 14.7. The van der Waals surface area contributed by atoms with Crippen molar-refractivity contribution in [3.05, 3.63) is 34.9 Å². The highest BCUT2D eigenvalue weighted by atomic mass is 16.4. The highest BCUT2D eigenvalue weighted by Crippen LogP contribution is 2.13. The Morgan fingerprint density at radius 3 is 1.95 bits per heavy atom. The first-order valence-corrected chi connectivity index (χ1v) is 5.88. The number of nitrogens with two attached hydrogens (primary N) is 1. The number of hydrogen-bond acceptors (Lipinski definition) is 3. The van der Waals surface area contributed by atoms with Crippen LogP contribution in [0, 0.1) is 0 Å². The number of carboxylic acid groups (broad SMARTS) is 1. The summed E-state index contributed by atoms with van der Waals surface area (Å²) < 4.78 is 0. The lowest BCUT2D eigenvalue weighted by molar-refractivity contribution is 0.0697. The lowest BCUT2D eigenvalue weighted by atomic mass is 10.0. The Balaban J connectivity index is 3.30. The molecule has 0 aliphatic heterocycles. The van der Waals surface area contributed by atoms with Gasteiger partial charge in [-0.3, -0.25) is 9.59 Å². The van der Waals surface area contributed by atoms with E-state index in [1.165, 1.54) is 17.0 Å². The van der Waals surface area contributed by atoms with Gasteiger partial charge in [0.05, 0.1) is 5.56 Å². The van der Waals surface area contributed by atoms with E-state index >= 15 is 0 Å². The van der Waals surface area contributed by atoms with Gasteiger partial charge in [0.1, 0.15) is 0 Å². The Hall–Kier alpha value is -2.37. The van der Waals surface area contributed by atoms with Crippen molar-refractivity contribution in [3.8, 4) is 0 Å². The van der Waals surface area contributed by atoms with Crippen molar-refractivity contribution in [1.29, 1.82) is 0 Å². The van der Waals surface area contributed by atoms with Crippen LogP contribution in [0.5, 0.6) is 0 Å². The maximum Gasteiger partial charge on any atom is 0.335 e. The molecule has 1 rings (SSSR count). The molecule has 19 heavy (non-hydrogen) atoms. The van der Waals surface area contributed by atoms with E-state index in [4.69, 9.17) is 10.8 Å². The van der Waals surface area contributed by atoms with Crippen molar-refractivity contribution in [2.45, 2.75) is 13.8 Å². The van der Waals surface area contributed by atoms with E-state index in [1.807, 2.05) is 13.8 Å². The molecule has 102 valence electrons. The van der Waals surface area contributed by atoms with Crippen LogP contribution in [0.15, 0.2) is 18.2 Å². The Bertz CT molecular complexity index is 489. The van der Waals surface area contributed by atoms with Gasteiger partial charge in [-0.2, -0.15) is 0 Å². The molecule has 3 N–H and O–H groups in total. The summed E-state index contributed by atoms with van der Waals surface area (Å²) in [4.78, 5) is 35.8. The molecule has 6 heteroatoms. The number of carbonyl (C=O) groups excluding carboxylic acids is 2. The van der Waals surface area contributed by atoms with Crippen molar-refractivity contribution < 1.29 is 19.5 Å². The zero-order valence-corrected chi connectivity index (χ0v) is 10.8. The van der Waals surface area contributed by atoms with Gasteiger partial charge in [0, 0.05) is 24.2 Å². The van der Waals surface area contributed by atoms with Crippen LogP contribution < -0.4 is 5.73 Å². The van der Waals surface area contributed by atoms with E-state index in [1.54, 1.807) is 0 Å². The predicted molar refractivity (Wildman–Crippen MR) is 69.2 cm³/mol. The maximum atomic E-state index is 12.1. The minimum atomic E-state index is -1.21. The van der Waals surface area contributed by atoms with Crippen molar-refractivity contribution in [2.24, 2.45) is 5.73 Å². The molecule has 0 aliphatic carbocycles. The number of amides is 2. The normalized spacial score (nSPS) is 10.0. The smallest absolute Gasteiger partial charge is 0.335 e. The van der Waals surface area contributed by atoms with Crippen LogP contribution in [0.2, 0.25) is 0 Å². The van der Waals surface area contributed by atoms with Crippen molar-refractivity contribution in [3.63, 3.8) is 0 Å². The molecular weight excluding hydrogens is 248 g/mol. The minimum Gasteiger partial charge on any atom is -0.478 e. The largest absolute Gasteiger partial charge is 0.478 e. The van der Waals surface area contributed by atoms with Crippen LogP contribution in [0.4, 0.5) is 0 Å². The first-order chi connectivity index (χ1) is 8.90. The third-order valence-corrected chi connectivity index (χ3v) is 2.76. The zero-order chi connectivity index (χ0) is 14.6. The molecule has 0 spiro atoms. The molecule has 0 radical (unpaired) electrons. The van der Waals surface area contributed by atoms with Crippen LogP contribution in [0.3, 0.4) is 0 Å². The average molecular weight is 264 g/mol. The van der Waals surface area contributed by atoms with Gasteiger partial charge in [-0.15, -0.1) is 0 Å². The average Bonchev–Trinajstić information content (AvgIpc) is 2.39. The van der Waals surface area contributed by atoms with Crippen molar-refractivity contribution in [2.75, 3.05) is 13.1 Å². The Morgan fingerprint density at radius 1 is 1.05 bits per heavy atom. The number of hydrogen-bond donors (Lipinski definition) is 2. The number of carbonyl (C=O) groups is 3. The molecule has 0 aliphatic rings. The fourth-order valence-corrected chi connectivity index (χ4v) is 1.71. The number of primary amides is 1. The second kappa shape index (κ2) is 5.99. The van der Waals surface area contributed by atoms with Gasteiger partial charge >= 0.3 is 5.97 Å². The van der Waals surface area contributed by atoms with Gasteiger partial charge < -0.3 is 15.7 Å². The summed E-state index contributed by atoms with van der Waals surface area (Å²) in [5.41, 5.74) is 5.16. The molecule has 0 saturated heterocycles. The molecule has 0 unspecified atom stereocenters. The summed E-state index contributed by atoms with van der Waals surface area (Å²) >= 11 is 0. The summed E-state index contributed by atoms with van der Waals surface area (Å²) in [6.45, 7) is 4.63. The summed E-state index contributed by atoms with van der Waals surface area (Å²) in [5.74, 6) is -2.30. The van der Waals surface area contributed by atoms with Crippen molar-refractivity contribution in [1.82, 2.24) is 4.90 Å². The van der Waals surface area contributed by atoms with Gasteiger partial charge in [-0.25, -0.2) is 4.79 Å². The van der Waals surface area contributed by atoms with E-state index in [0.717, 1.165) is 6.07 Å². The fourth-order valence-electron chi connectivity index (χ4n) is 1.71. The predicted octanol–water partition coefficient (Wildman–Crippen LogP) is 0.966. The standard InChI is InChI=1S/C13H16N2O4/c1-3-15(4-2)12(17)9-5-8(11(14)16)6-10(7-9)13(18)19/h5-7H,3-4H2,1-2H3,(H2,14,16)(H,18,19). The van der Waals surface area contributed by atoms with E-state index in [2.05, 4.69) is 0 Å². The third-order valence-electron chi connectivity index (χ3n) is 2.76. The molecule has 6 nitrogen and oxygen atoms in total. The van der Waals surface area contributed by atoms with Gasteiger partial charge in [-0.1, -0.05) is 0 Å².